The summed E-state index contributed by atoms with van der Waals surface area (Å²) < 4.78 is 5.29. The number of aliphatic hydroxyl groups excluding tert-OH is 2. The van der Waals surface area contributed by atoms with E-state index in [0.717, 1.165) is 32.2 Å². The van der Waals surface area contributed by atoms with Gasteiger partial charge in [0.1, 0.15) is 5.60 Å². The number of hydrogen-bond donors (Lipinski definition) is 3. The van der Waals surface area contributed by atoms with Crippen molar-refractivity contribution in [2.75, 3.05) is 26.3 Å². The predicted octanol–water partition coefficient (Wildman–Crippen LogP) is 1.89. The Kier molecular flexibility index (Phi) is 8.87. The van der Waals surface area contributed by atoms with Crippen LogP contribution in [-0.2, 0) is 4.74 Å². The third-order valence-corrected chi connectivity index (χ3v) is 4.10. The molecule has 6 heteroatoms. The molecule has 2 unspecified atom stereocenters. The SMILES string of the molecule is CC(C)(C)OC(=O)N1CCCCC1CO.OCC1CCCCN1. The second-order valence-electron chi connectivity index (χ2n) is 7.34. The van der Waals surface area contributed by atoms with Crippen LogP contribution < -0.4 is 5.32 Å². The molecule has 2 rings (SSSR count). The van der Waals surface area contributed by atoms with Gasteiger partial charge in [-0.2, -0.15) is 0 Å². The van der Waals surface area contributed by atoms with Crippen molar-refractivity contribution in [2.45, 2.75) is 77.0 Å². The van der Waals surface area contributed by atoms with Crippen molar-refractivity contribution in [3.63, 3.8) is 0 Å². The molecule has 0 radical (unpaired) electrons. The Balaban J connectivity index is 0.000000277. The fourth-order valence-corrected chi connectivity index (χ4v) is 2.83. The van der Waals surface area contributed by atoms with Crippen molar-refractivity contribution in [2.24, 2.45) is 0 Å². The van der Waals surface area contributed by atoms with Gasteiger partial charge in [0, 0.05) is 12.6 Å². The average molecular weight is 330 g/mol. The summed E-state index contributed by atoms with van der Waals surface area (Å²) in [5.74, 6) is 0. The number of likely N-dealkylation sites (tertiary alicyclic amines) is 1. The Morgan fingerprint density at radius 3 is 2.30 bits per heavy atom. The number of carbonyl (C=O) groups is 1. The van der Waals surface area contributed by atoms with Gasteiger partial charge in [0.25, 0.3) is 0 Å². The minimum Gasteiger partial charge on any atom is -0.444 e. The first kappa shape index (κ1) is 20.2. The lowest BCUT2D eigenvalue weighted by Crippen LogP contribution is -2.47. The fourth-order valence-electron chi connectivity index (χ4n) is 2.83. The van der Waals surface area contributed by atoms with Crippen molar-refractivity contribution >= 4 is 6.09 Å². The minimum absolute atomic E-state index is 0.0270. The molecule has 0 bridgehead atoms. The van der Waals surface area contributed by atoms with E-state index in [1.165, 1.54) is 12.8 Å². The maximum absolute atomic E-state index is 11.8. The lowest BCUT2D eigenvalue weighted by molar-refractivity contribution is 0.00181. The average Bonchev–Trinajstić information content (AvgIpc) is 2.54. The molecule has 0 aromatic rings. The van der Waals surface area contributed by atoms with Crippen molar-refractivity contribution in [3.05, 3.63) is 0 Å². The molecule has 0 aliphatic carbocycles. The number of carbonyl (C=O) groups excluding carboxylic acids is 1. The Labute approximate surface area is 140 Å². The monoisotopic (exact) mass is 330 g/mol. The summed E-state index contributed by atoms with van der Waals surface area (Å²) in [7, 11) is 0. The smallest absolute Gasteiger partial charge is 0.410 e. The minimum atomic E-state index is -0.464. The largest absolute Gasteiger partial charge is 0.444 e. The van der Waals surface area contributed by atoms with Gasteiger partial charge in [0.05, 0.1) is 19.3 Å². The van der Waals surface area contributed by atoms with Crippen LogP contribution in [0, 0.1) is 0 Å². The number of piperidine rings is 2. The van der Waals surface area contributed by atoms with Gasteiger partial charge in [-0.05, 0) is 59.4 Å². The van der Waals surface area contributed by atoms with Gasteiger partial charge >= 0.3 is 6.09 Å². The van der Waals surface area contributed by atoms with Crippen LogP contribution in [0.2, 0.25) is 0 Å². The molecular formula is C17H34N2O4. The zero-order valence-corrected chi connectivity index (χ0v) is 14.9. The first-order chi connectivity index (χ1) is 10.9. The van der Waals surface area contributed by atoms with Gasteiger partial charge in [0.15, 0.2) is 0 Å². The molecule has 2 aliphatic heterocycles. The Morgan fingerprint density at radius 2 is 1.83 bits per heavy atom. The zero-order valence-electron chi connectivity index (χ0n) is 14.9. The summed E-state index contributed by atoms with van der Waals surface area (Å²) in [6.45, 7) is 7.67. The van der Waals surface area contributed by atoms with E-state index in [4.69, 9.17) is 14.9 Å². The van der Waals surface area contributed by atoms with E-state index in [1.807, 2.05) is 20.8 Å². The van der Waals surface area contributed by atoms with Crippen molar-refractivity contribution in [1.29, 1.82) is 0 Å². The first-order valence-corrected chi connectivity index (χ1v) is 8.82. The van der Waals surface area contributed by atoms with Crippen molar-refractivity contribution in [1.82, 2.24) is 10.2 Å². The third kappa shape index (κ3) is 7.99. The van der Waals surface area contributed by atoms with E-state index in [1.54, 1.807) is 4.90 Å². The van der Waals surface area contributed by atoms with Gasteiger partial charge in [0.2, 0.25) is 0 Å². The van der Waals surface area contributed by atoms with Crippen LogP contribution in [-0.4, -0.2) is 65.2 Å². The summed E-state index contributed by atoms with van der Waals surface area (Å²) >= 11 is 0. The van der Waals surface area contributed by atoms with E-state index in [-0.39, 0.29) is 18.7 Å². The summed E-state index contributed by atoms with van der Waals surface area (Å²) in [6, 6.07) is 0.331. The number of ether oxygens (including phenoxy) is 1. The molecule has 6 nitrogen and oxygen atoms in total. The molecular weight excluding hydrogens is 296 g/mol. The lowest BCUT2D eigenvalue weighted by atomic mass is 10.0. The molecule has 0 aromatic heterocycles. The number of rotatable bonds is 2. The molecule has 2 fully saturated rings. The molecule has 1 amide bonds. The molecule has 2 heterocycles. The molecule has 2 aliphatic rings. The highest BCUT2D eigenvalue weighted by molar-refractivity contribution is 5.68. The van der Waals surface area contributed by atoms with Gasteiger partial charge in [-0.3, -0.25) is 0 Å². The molecule has 3 N–H and O–H groups in total. The summed E-state index contributed by atoms with van der Waals surface area (Å²) in [4.78, 5) is 13.4. The van der Waals surface area contributed by atoms with Crippen LogP contribution in [0.3, 0.4) is 0 Å². The second kappa shape index (κ2) is 10.1. The van der Waals surface area contributed by atoms with Crippen LogP contribution in [0.5, 0.6) is 0 Å². The molecule has 23 heavy (non-hydrogen) atoms. The molecule has 2 saturated heterocycles. The number of aliphatic hydroxyl groups is 2. The lowest BCUT2D eigenvalue weighted by Gasteiger charge is -2.35. The van der Waals surface area contributed by atoms with Gasteiger partial charge in [-0.15, -0.1) is 0 Å². The van der Waals surface area contributed by atoms with E-state index >= 15 is 0 Å². The van der Waals surface area contributed by atoms with E-state index < -0.39 is 5.60 Å². The van der Waals surface area contributed by atoms with Crippen LogP contribution in [0.15, 0.2) is 0 Å². The Morgan fingerprint density at radius 1 is 1.13 bits per heavy atom. The molecule has 2 atom stereocenters. The predicted molar refractivity (Wildman–Crippen MR) is 90.4 cm³/mol. The fraction of sp³-hybridized carbons (Fsp3) is 0.941. The quantitative estimate of drug-likeness (QED) is 0.720. The number of nitrogens with zero attached hydrogens (tertiary/aromatic N) is 1. The molecule has 136 valence electrons. The van der Waals surface area contributed by atoms with Crippen molar-refractivity contribution in [3.8, 4) is 0 Å². The summed E-state index contributed by atoms with van der Waals surface area (Å²) in [5, 5.41) is 21.0. The summed E-state index contributed by atoms with van der Waals surface area (Å²) in [5.41, 5.74) is -0.464. The van der Waals surface area contributed by atoms with Crippen LogP contribution in [0.1, 0.15) is 59.3 Å². The molecule has 0 spiro atoms. The van der Waals surface area contributed by atoms with E-state index in [0.29, 0.717) is 19.2 Å². The van der Waals surface area contributed by atoms with Gasteiger partial charge < -0.3 is 25.2 Å². The normalized spacial score (nSPS) is 25.3. The standard InChI is InChI=1S/C11H21NO3.C6H13NO/c1-11(2,3)15-10(14)12-7-5-4-6-9(12)8-13;8-5-6-3-1-2-4-7-6/h9,13H,4-8H2,1-3H3;6-8H,1-5H2. The maximum Gasteiger partial charge on any atom is 0.410 e. The van der Waals surface area contributed by atoms with Gasteiger partial charge in [-0.1, -0.05) is 6.42 Å². The van der Waals surface area contributed by atoms with Crippen LogP contribution in [0.25, 0.3) is 0 Å². The number of hydrogen-bond acceptors (Lipinski definition) is 5. The highest BCUT2D eigenvalue weighted by atomic mass is 16.6. The number of amides is 1. The van der Waals surface area contributed by atoms with Crippen LogP contribution >= 0.6 is 0 Å². The Bertz CT molecular complexity index is 338. The molecule has 0 saturated carbocycles. The van der Waals surface area contributed by atoms with Crippen LogP contribution in [0.4, 0.5) is 4.79 Å². The van der Waals surface area contributed by atoms with E-state index in [9.17, 15) is 4.79 Å². The highest BCUT2D eigenvalue weighted by Crippen LogP contribution is 2.19. The zero-order chi connectivity index (χ0) is 17.3. The second-order valence-corrected chi connectivity index (χ2v) is 7.34. The third-order valence-electron chi connectivity index (χ3n) is 4.10. The summed E-state index contributed by atoms with van der Waals surface area (Å²) in [6.07, 6.45) is 6.34. The Hall–Kier alpha value is -0.850. The highest BCUT2D eigenvalue weighted by Gasteiger charge is 2.29. The van der Waals surface area contributed by atoms with E-state index in [2.05, 4.69) is 5.32 Å². The maximum atomic E-state index is 11.8. The topological polar surface area (TPSA) is 82.0 Å². The van der Waals surface area contributed by atoms with Gasteiger partial charge in [-0.25, -0.2) is 4.79 Å². The first-order valence-electron chi connectivity index (χ1n) is 8.82. The molecule has 0 aromatic carbocycles. The van der Waals surface area contributed by atoms with Crippen molar-refractivity contribution < 1.29 is 19.7 Å². The number of nitrogens with one attached hydrogen (secondary N) is 1.